The van der Waals surface area contributed by atoms with Gasteiger partial charge in [-0.2, -0.15) is 4.31 Å². The van der Waals surface area contributed by atoms with Crippen LogP contribution in [-0.4, -0.2) is 94.3 Å². The predicted molar refractivity (Wildman–Crippen MR) is 157 cm³/mol. The van der Waals surface area contributed by atoms with E-state index in [1.807, 2.05) is 45.0 Å². The highest BCUT2D eigenvalue weighted by molar-refractivity contribution is 7.89. The van der Waals surface area contributed by atoms with Gasteiger partial charge in [0, 0.05) is 52.4 Å². The van der Waals surface area contributed by atoms with E-state index < -0.39 is 28.0 Å². The monoisotopic (exact) mass is 593 g/mol. The number of hydrogen-bond donors (Lipinski definition) is 1. The summed E-state index contributed by atoms with van der Waals surface area (Å²) in [5.74, 6) is -0.600. The largest absolute Gasteiger partial charge is 0.490 e. The molecule has 0 saturated heterocycles. The minimum absolute atomic E-state index is 0.0112. The zero-order valence-corrected chi connectivity index (χ0v) is 25.7. The van der Waals surface area contributed by atoms with Gasteiger partial charge in [0.1, 0.15) is 11.6 Å². The molecular formula is C30H44FN3O6S. The summed E-state index contributed by atoms with van der Waals surface area (Å²) in [6, 6.07) is 9.73. The Hall–Kier alpha value is -2.73. The van der Waals surface area contributed by atoms with E-state index in [0.29, 0.717) is 17.9 Å². The molecule has 0 bridgehead atoms. The Balaban J connectivity index is 1.96. The van der Waals surface area contributed by atoms with E-state index in [0.717, 1.165) is 37.1 Å². The quantitative estimate of drug-likeness (QED) is 0.518. The van der Waals surface area contributed by atoms with Crippen LogP contribution in [0.25, 0.3) is 0 Å². The van der Waals surface area contributed by atoms with Gasteiger partial charge < -0.3 is 24.4 Å². The van der Waals surface area contributed by atoms with Crippen molar-refractivity contribution < 1.29 is 32.2 Å². The lowest BCUT2D eigenvalue weighted by atomic mass is 10.0. The van der Waals surface area contributed by atoms with Gasteiger partial charge in [-0.1, -0.05) is 6.92 Å². The number of rotatable bonds is 7. The molecule has 0 fully saturated rings. The molecule has 0 saturated carbocycles. The van der Waals surface area contributed by atoms with Crippen LogP contribution < -0.4 is 9.64 Å². The topological polar surface area (TPSA) is 99.6 Å². The van der Waals surface area contributed by atoms with Crippen molar-refractivity contribution in [3.63, 3.8) is 0 Å². The molecule has 1 aliphatic rings. The van der Waals surface area contributed by atoms with Crippen molar-refractivity contribution in [2.75, 3.05) is 52.3 Å². The second kappa shape index (κ2) is 14.4. The van der Waals surface area contributed by atoms with Gasteiger partial charge in [0.15, 0.2) is 0 Å². The minimum atomic E-state index is -3.90. The molecule has 0 spiro atoms. The van der Waals surface area contributed by atoms with Gasteiger partial charge in [0.25, 0.3) is 5.91 Å². The number of anilines is 1. The summed E-state index contributed by atoms with van der Waals surface area (Å²) >= 11 is 0. The number of aliphatic hydroxyl groups is 1. The van der Waals surface area contributed by atoms with Crippen LogP contribution in [0.5, 0.6) is 5.75 Å². The van der Waals surface area contributed by atoms with E-state index in [9.17, 15) is 22.7 Å². The number of benzene rings is 2. The van der Waals surface area contributed by atoms with Crippen LogP contribution in [0.3, 0.4) is 0 Å². The summed E-state index contributed by atoms with van der Waals surface area (Å²) in [5, 5.41) is 10.1. The van der Waals surface area contributed by atoms with Gasteiger partial charge in [-0.05, 0) is 75.6 Å². The molecular weight excluding hydrogens is 549 g/mol. The number of likely N-dealkylation sites (N-methyl/N-ethyl adjacent to an activating group) is 1. The molecule has 11 heteroatoms. The van der Waals surface area contributed by atoms with Crippen LogP contribution in [0.2, 0.25) is 0 Å². The van der Waals surface area contributed by atoms with Crippen molar-refractivity contribution in [2.24, 2.45) is 5.92 Å². The number of aliphatic hydroxyl groups excluding tert-OH is 1. The van der Waals surface area contributed by atoms with Crippen LogP contribution in [0.1, 0.15) is 50.4 Å². The number of hydrogen-bond acceptors (Lipinski definition) is 7. The lowest BCUT2D eigenvalue weighted by molar-refractivity contribution is -0.00833. The van der Waals surface area contributed by atoms with Crippen LogP contribution in [-0.2, 0) is 14.8 Å². The summed E-state index contributed by atoms with van der Waals surface area (Å²) in [7, 11) is 1.36. The summed E-state index contributed by atoms with van der Waals surface area (Å²) in [6.45, 7) is 6.08. The fourth-order valence-electron chi connectivity index (χ4n) is 4.79. The molecule has 4 atom stereocenters. The molecule has 1 amide bonds. The number of nitrogens with zero attached hydrogens (tertiary/aromatic N) is 3. The molecule has 2 aromatic rings. The van der Waals surface area contributed by atoms with E-state index in [4.69, 9.17) is 9.47 Å². The molecule has 0 unspecified atom stereocenters. The van der Waals surface area contributed by atoms with Gasteiger partial charge >= 0.3 is 0 Å². The molecule has 1 aliphatic heterocycles. The Morgan fingerprint density at radius 3 is 2.41 bits per heavy atom. The number of halogens is 1. The van der Waals surface area contributed by atoms with Crippen LogP contribution in [0, 0.1) is 11.7 Å². The first-order valence-electron chi connectivity index (χ1n) is 14.1. The molecule has 1 heterocycles. The fraction of sp³-hybridized carbons (Fsp3) is 0.567. The minimum Gasteiger partial charge on any atom is -0.490 e. The van der Waals surface area contributed by atoms with Crippen molar-refractivity contribution >= 4 is 21.6 Å². The van der Waals surface area contributed by atoms with Gasteiger partial charge in [-0.25, -0.2) is 12.8 Å². The highest BCUT2D eigenvalue weighted by Gasteiger charge is 2.32. The highest BCUT2D eigenvalue weighted by atomic mass is 32.2. The molecule has 2 aromatic carbocycles. The first-order valence-corrected chi connectivity index (χ1v) is 15.5. The summed E-state index contributed by atoms with van der Waals surface area (Å²) in [4.78, 5) is 17.6. The van der Waals surface area contributed by atoms with E-state index in [-0.39, 0.29) is 42.5 Å². The van der Waals surface area contributed by atoms with Crippen molar-refractivity contribution in [1.29, 1.82) is 0 Å². The Kier molecular flexibility index (Phi) is 11.5. The van der Waals surface area contributed by atoms with Gasteiger partial charge in [0.05, 0.1) is 35.3 Å². The zero-order chi connectivity index (χ0) is 30.3. The standard InChI is InChI=1S/C30H44FN3O6S/c1-21-18-34(22(2)20-35)30(36)27-17-25(32(4)5)12-15-28(27)40-23(3)9-7-8-16-39-29(21)19-33(6)41(37,38)26-13-10-24(31)11-14-26/h10-15,17,21-23,29,35H,7-9,16,18-20H2,1-6H3/t21-,22+,23-,29-/m1/s1. The molecule has 228 valence electrons. The smallest absolute Gasteiger partial charge is 0.258 e. The Morgan fingerprint density at radius 2 is 1.78 bits per heavy atom. The van der Waals surface area contributed by atoms with Gasteiger partial charge in [0.2, 0.25) is 10.0 Å². The SMILES string of the molecule is C[C@@H]1CCCCO[C@H](CN(C)S(=O)(=O)c2ccc(F)cc2)[C@H](C)CN([C@@H](C)CO)C(=O)c2cc(N(C)C)ccc2O1. The third-order valence-corrected chi connectivity index (χ3v) is 9.35. The average Bonchev–Trinajstić information content (AvgIpc) is 2.93. The second-order valence-corrected chi connectivity index (χ2v) is 13.2. The molecule has 0 radical (unpaired) electrons. The first-order chi connectivity index (χ1) is 19.3. The van der Waals surface area contributed by atoms with Gasteiger partial charge in [-0.3, -0.25) is 4.79 Å². The van der Waals surface area contributed by atoms with Crippen molar-refractivity contribution in [1.82, 2.24) is 9.21 Å². The van der Waals surface area contributed by atoms with E-state index in [1.54, 1.807) is 17.9 Å². The lowest BCUT2D eigenvalue weighted by Crippen LogP contribution is -2.48. The van der Waals surface area contributed by atoms with Crippen LogP contribution >= 0.6 is 0 Å². The van der Waals surface area contributed by atoms with Crippen LogP contribution in [0.4, 0.5) is 10.1 Å². The summed E-state index contributed by atoms with van der Waals surface area (Å²) in [5.41, 5.74) is 1.24. The highest BCUT2D eigenvalue weighted by Crippen LogP contribution is 2.29. The molecule has 1 N–H and O–H groups in total. The summed E-state index contributed by atoms with van der Waals surface area (Å²) in [6.07, 6.45) is 1.66. The number of fused-ring (bicyclic) bond motifs is 1. The third-order valence-electron chi connectivity index (χ3n) is 7.51. The third kappa shape index (κ3) is 8.41. The number of sulfonamides is 1. The lowest BCUT2D eigenvalue weighted by Gasteiger charge is -2.35. The normalized spacial score (nSPS) is 22.0. The number of carbonyl (C=O) groups excluding carboxylic acids is 1. The van der Waals surface area contributed by atoms with E-state index in [2.05, 4.69) is 0 Å². The Labute approximate surface area is 243 Å². The maximum Gasteiger partial charge on any atom is 0.258 e. The maximum absolute atomic E-state index is 14.1. The number of carbonyl (C=O) groups is 1. The summed E-state index contributed by atoms with van der Waals surface area (Å²) < 4.78 is 53.6. The maximum atomic E-state index is 14.1. The number of ether oxygens (including phenoxy) is 2. The second-order valence-electron chi connectivity index (χ2n) is 11.1. The molecule has 3 rings (SSSR count). The Morgan fingerprint density at radius 1 is 1.10 bits per heavy atom. The Bertz CT molecular complexity index is 1260. The van der Waals surface area contributed by atoms with Crippen molar-refractivity contribution in [2.45, 2.75) is 63.2 Å². The van der Waals surface area contributed by atoms with E-state index >= 15 is 0 Å². The molecule has 41 heavy (non-hydrogen) atoms. The van der Waals surface area contributed by atoms with Gasteiger partial charge in [-0.15, -0.1) is 0 Å². The first kappa shape index (κ1) is 32.8. The molecule has 0 aromatic heterocycles. The van der Waals surface area contributed by atoms with E-state index in [1.165, 1.54) is 23.5 Å². The average molecular weight is 594 g/mol. The fourth-order valence-corrected chi connectivity index (χ4v) is 5.97. The predicted octanol–water partition coefficient (Wildman–Crippen LogP) is 4.01. The molecule has 9 nitrogen and oxygen atoms in total. The van der Waals surface area contributed by atoms with Crippen molar-refractivity contribution in [3.8, 4) is 5.75 Å². The van der Waals surface area contributed by atoms with Crippen molar-refractivity contribution in [3.05, 3.63) is 53.8 Å². The zero-order valence-electron chi connectivity index (χ0n) is 24.9. The number of amides is 1. The van der Waals surface area contributed by atoms with Crippen LogP contribution in [0.15, 0.2) is 47.4 Å². The molecule has 0 aliphatic carbocycles.